The Balaban J connectivity index is 2.45. The molecule has 0 N–H and O–H groups in total. The Morgan fingerprint density at radius 1 is 1.12 bits per heavy atom. The molecule has 10 heteroatoms. The van der Waals surface area contributed by atoms with E-state index in [1.54, 1.807) is 19.9 Å². The fourth-order valence-electron chi connectivity index (χ4n) is 2.13. The molecule has 0 aliphatic heterocycles. The lowest BCUT2D eigenvalue weighted by molar-refractivity contribution is -0.144. The highest BCUT2D eigenvalue weighted by Gasteiger charge is 2.36. The first-order valence-electron chi connectivity index (χ1n) is 6.75. The van der Waals surface area contributed by atoms with E-state index in [0.717, 1.165) is 11.0 Å². The van der Waals surface area contributed by atoms with Crippen molar-refractivity contribution in [3.05, 3.63) is 35.4 Å². The Morgan fingerprint density at radius 3 is 2.25 bits per heavy atom. The van der Waals surface area contributed by atoms with Crippen LogP contribution in [0, 0.1) is 13.8 Å². The number of benzene rings is 1. The minimum absolute atomic E-state index is 0.126. The minimum atomic E-state index is -4.69. The standard InChI is InChI=1S/C14H14F5N3OS/c1-8-4-9(2)11(24(23)6-13(3,15)16)5-10(8)22-7-20-12(21-22)14(17,18)19/h4-5,7H,6H2,1-3H3/t24-/m0/s1. The van der Waals surface area contributed by atoms with Gasteiger partial charge < -0.3 is 4.55 Å². The van der Waals surface area contributed by atoms with E-state index in [-0.39, 0.29) is 10.6 Å². The molecule has 1 heterocycles. The summed E-state index contributed by atoms with van der Waals surface area (Å²) in [5.74, 6) is -5.31. The number of nitrogens with zero attached hydrogens (tertiary/aromatic N) is 3. The lowest BCUT2D eigenvalue weighted by Crippen LogP contribution is -2.25. The Labute approximate surface area is 137 Å². The summed E-state index contributed by atoms with van der Waals surface area (Å²) in [6, 6.07) is 2.87. The summed E-state index contributed by atoms with van der Waals surface area (Å²) >= 11 is -2.00. The zero-order valence-corrected chi connectivity index (χ0v) is 13.8. The van der Waals surface area contributed by atoms with Gasteiger partial charge in [-0.25, -0.2) is 18.4 Å². The molecule has 4 nitrogen and oxygen atoms in total. The topological polar surface area (TPSA) is 53.8 Å². The van der Waals surface area contributed by atoms with Gasteiger partial charge in [-0.1, -0.05) is 0 Å². The van der Waals surface area contributed by atoms with E-state index >= 15 is 0 Å². The number of hydrogen-bond acceptors (Lipinski definition) is 3. The lowest BCUT2D eigenvalue weighted by atomic mass is 10.1. The average Bonchev–Trinajstić information content (AvgIpc) is 2.85. The van der Waals surface area contributed by atoms with Crippen LogP contribution in [0.1, 0.15) is 23.9 Å². The van der Waals surface area contributed by atoms with Crippen molar-refractivity contribution in [2.75, 3.05) is 5.75 Å². The maximum absolute atomic E-state index is 13.1. The molecule has 24 heavy (non-hydrogen) atoms. The SMILES string of the molecule is Cc1cc(C)c([S@@+]([O-])CC(C)(F)F)cc1-n1cnc(C(F)(F)F)n1. The average molecular weight is 367 g/mol. The number of hydrogen-bond donors (Lipinski definition) is 0. The van der Waals surface area contributed by atoms with Crippen molar-refractivity contribution in [3.8, 4) is 5.69 Å². The van der Waals surface area contributed by atoms with Gasteiger partial charge in [-0.3, -0.25) is 0 Å². The first-order valence-corrected chi connectivity index (χ1v) is 8.07. The minimum Gasteiger partial charge on any atom is -0.611 e. The van der Waals surface area contributed by atoms with Crippen LogP contribution >= 0.6 is 0 Å². The third-order valence-corrected chi connectivity index (χ3v) is 4.82. The zero-order chi connectivity index (χ0) is 18.3. The van der Waals surface area contributed by atoms with Crippen LogP contribution in [0.3, 0.4) is 0 Å². The Kier molecular flexibility index (Phi) is 4.91. The van der Waals surface area contributed by atoms with E-state index in [9.17, 15) is 26.5 Å². The number of aromatic nitrogens is 3. The van der Waals surface area contributed by atoms with Crippen LogP contribution in [-0.4, -0.2) is 31.0 Å². The molecular weight excluding hydrogens is 353 g/mol. The van der Waals surface area contributed by atoms with Crippen molar-refractivity contribution in [2.45, 2.75) is 37.8 Å². The molecule has 132 valence electrons. The van der Waals surface area contributed by atoms with Crippen LogP contribution in [0.4, 0.5) is 22.0 Å². The van der Waals surface area contributed by atoms with E-state index in [2.05, 4.69) is 10.1 Å². The molecule has 2 aromatic rings. The van der Waals surface area contributed by atoms with Gasteiger partial charge in [0.1, 0.15) is 6.33 Å². The predicted octanol–water partition coefficient (Wildman–Crippen LogP) is 3.67. The second-order valence-electron chi connectivity index (χ2n) is 5.47. The lowest BCUT2D eigenvalue weighted by Gasteiger charge is -2.18. The highest BCUT2D eigenvalue weighted by atomic mass is 32.2. The number of aryl methyl sites for hydroxylation is 2. The van der Waals surface area contributed by atoms with Crippen molar-refractivity contribution < 1.29 is 26.5 Å². The van der Waals surface area contributed by atoms with E-state index < -0.39 is 34.9 Å². The smallest absolute Gasteiger partial charge is 0.453 e. The summed E-state index contributed by atoms with van der Waals surface area (Å²) in [4.78, 5) is 3.32. The van der Waals surface area contributed by atoms with E-state index in [4.69, 9.17) is 0 Å². The second-order valence-corrected chi connectivity index (χ2v) is 6.89. The molecule has 1 atom stereocenters. The molecular formula is C14H14F5N3OS. The molecule has 0 saturated carbocycles. The normalized spacial score (nSPS) is 14.0. The predicted molar refractivity (Wildman–Crippen MR) is 77.7 cm³/mol. The molecule has 1 aromatic heterocycles. The van der Waals surface area contributed by atoms with Gasteiger partial charge in [-0.05, 0) is 36.7 Å². The van der Waals surface area contributed by atoms with Crippen LogP contribution in [0.5, 0.6) is 0 Å². The molecule has 1 aromatic carbocycles. The molecule has 0 saturated heterocycles. The molecule has 0 unspecified atom stereocenters. The monoisotopic (exact) mass is 367 g/mol. The second kappa shape index (κ2) is 6.32. The van der Waals surface area contributed by atoms with Gasteiger partial charge >= 0.3 is 6.18 Å². The first kappa shape index (κ1) is 18.7. The van der Waals surface area contributed by atoms with Gasteiger partial charge in [0.25, 0.3) is 11.7 Å². The highest BCUT2D eigenvalue weighted by molar-refractivity contribution is 7.91. The maximum Gasteiger partial charge on any atom is 0.453 e. The Bertz CT molecular complexity index is 739. The molecule has 0 aliphatic carbocycles. The van der Waals surface area contributed by atoms with Gasteiger partial charge in [-0.2, -0.15) is 13.2 Å². The fraction of sp³-hybridized carbons (Fsp3) is 0.429. The van der Waals surface area contributed by atoms with Crippen LogP contribution in [0.25, 0.3) is 5.69 Å². The summed E-state index contributed by atoms with van der Waals surface area (Å²) in [6.07, 6.45) is -3.82. The van der Waals surface area contributed by atoms with Crippen molar-refractivity contribution in [2.24, 2.45) is 0 Å². The van der Waals surface area contributed by atoms with E-state index in [0.29, 0.717) is 18.1 Å². The van der Waals surface area contributed by atoms with Crippen LogP contribution in [0.2, 0.25) is 0 Å². The zero-order valence-electron chi connectivity index (χ0n) is 13.0. The summed E-state index contributed by atoms with van der Waals surface area (Å²) in [6.45, 7) is 3.88. The summed E-state index contributed by atoms with van der Waals surface area (Å²) in [5, 5.41) is 3.35. The van der Waals surface area contributed by atoms with Crippen LogP contribution in [0.15, 0.2) is 23.4 Å². The Morgan fingerprint density at radius 2 is 1.75 bits per heavy atom. The molecule has 0 amide bonds. The van der Waals surface area contributed by atoms with E-state index in [1.165, 1.54) is 6.07 Å². The third kappa shape index (κ3) is 4.23. The Hall–Kier alpha value is -1.68. The van der Waals surface area contributed by atoms with Crippen LogP contribution < -0.4 is 0 Å². The van der Waals surface area contributed by atoms with Gasteiger partial charge in [-0.15, -0.1) is 5.10 Å². The van der Waals surface area contributed by atoms with Crippen molar-refractivity contribution in [1.82, 2.24) is 14.8 Å². The highest BCUT2D eigenvalue weighted by Crippen LogP contribution is 2.29. The van der Waals surface area contributed by atoms with Crippen molar-refractivity contribution in [3.63, 3.8) is 0 Å². The third-order valence-electron chi connectivity index (χ3n) is 3.12. The van der Waals surface area contributed by atoms with Crippen molar-refractivity contribution >= 4 is 11.2 Å². The van der Waals surface area contributed by atoms with E-state index in [1.807, 2.05) is 0 Å². The molecule has 0 radical (unpaired) electrons. The first-order chi connectivity index (χ1) is 10.9. The van der Waals surface area contributed by atoms with Gasteiger partial charge in [0, 0.05) is 18.6 Å². The molecule has 2 rings (SSSR count). The number of halogens is 5. The number of rotatable bonds is 4. The maximum atomic E-state index is 13.1. The summed E-state index contributed by atoms with van der Waals surface area (Å²) in [7, 11) is 0. The molecule has 0 fully saturated rings. The summed E-state index contributed by atoms with van der Waals surface area (Å²) < 4.78 is 77.0. The van der Waals surface area contributed by atoms with Gasteiger partial charge in [0.2, 0.25) is 0 Å². The molecule has 0 spiro atoms. The largest absolute Gasteiger partial charge is 0.611 e. The van der Waals surface area contributed by atoms with Crippen LogP contribution in [-0.2, 0) is 17.4 Å². The molecule has 0 aliphatic rings. The summed E-state index contributed by atoms with van der Waals surface area (Å²) in [5.41, 5.74) is 1.26. The van der Waals surface area contributed by atoms with Gasteiger partial charge in [0.15, 0.2) is 10.6 Å². The van der Waals surface area contributed by atoms with Crippen molar-refractivity contribution in [1.29, 1.82) is 0 Å². The van der Waals surface area contributed by atoms with Gasteiger partial charge in [0.05, 0.1) is 5.69 Å². The number of alkyl halides is 5. The molecule has 0 bridgehead atoms. The fourth-order valence-corrected chi connectivity index (χ4v) is 3.41. The quantitative estimate of drug-likeness (QED) is 0.612.